The largest absolute Gasteiger partial charge is 0.377 e. The number of nitrogens with zero attached hydrogens (tertiary/aromatic N) is 5. The Morgan fingerprint density at radius 1 is 1.10 bits per heavy atom. The Bertz CT molecular complexity index is 1330. The Morgan fingerprint density at radius 3 is 2.67 bits per heavy atom. The summed E-state index contributed by atoms with van der Waals surface area (Å²) < 4.78 is 1.58. The lowest BCUT2D eigenvalue weighted by Gasteiger charge is -2.14. The number of halogens is 1. The summed E-state index contributed by atoms with van der Waals surface area (Å²) >= 11 is 6.02. The summed E-state index contributed by atoms with van der Waals surface area (Å²) in [5.74, 6) is 0.616. The first kappa shape index (κ1) is 19.4. The molecule has 0 spiro atoms. The molecular weight excluding hydrogens is 402 g/mol. The summed E-state index contributed by atoms with van der Waals surface area (Å²) in [4.78, 5) is 24.7. The minimum atomic E-state index is -0.132. The lowest BCUT2D eigenvalue weighted by molar-refractivity contribution is 0.902. The number of anilines is 3. The van der Waals surface area contributed by atoms with Crippen LogP contribution in [0.5, 0.6) is 0 Å². The molecule has 9 heteroatoms. The zero-order chi connectivity index (χ0) is 21.1. The molecule has 0 radical (unpaired) electrons. The molecule has 0 bridgehead atoms. The lowest BCUT2D eigenvalue weighted by Crippen LogP contribution is -2.17. The maximum Gasteiger partial charge on any atom is 0.252 e. The van der Waals surface area contributed by atoms with Crippen LogP contribution < -0.4 is 16.2 Å². The predicted octanol–water partition coefficient (Wildman–Crippen LogP) is 3.60. The van der Waals surface area contributed by atoms with Gasteiger partial charge in [-0.2, -0.15) is 5.26 Å². The summed E-state index contributed by atoms with van der Waals surface area (Å²) in [6.45, 7) is 0.374. The maximum atomic E-state index is 12.4. The highest BCUT2D eigenvalue weighted by Gasteiger charge is 2.11. The molecule has 3 aromatic heterocycles. The van der Waals surface area contributed by atoms with Crippen LogP contribution in [0.2, 0.25) is 5.15 Å². The van der Waals surface area contributed by atoms with Crippen molar-refractivity contribution in [3.63, 3.8) is 0 Å². The average Bonchev–Trinajstić information content (AvgIpc) is 2.76. The highest BCUT2D eigenvalue weighted by molar-refractivity contribution is 6.31. The number of rotatable bonds is 5. The van der Waals surface area contributed by atoms with Gasteiger partial charge in [-0.1, -0.05) is 11.6 Å². The van der Waals surface area contributed by atoms with Gasteiger partial charge in [0, 0.05) is 48.5 Å². The Morgan fingerprint density at radius 2 is 1.90 bits per heavy atom. The third-order valence-electron chi connectivity index (χ3n) is 4.60. The predicted molar refractivity (Wildman–Crippen MR) is 116 cm³/mol. The molecule has 0 saturated carbocycles. The van der Waals surface area contributed by atoms with Crippen molar-refractivity contribution in [2.24, 2.45) is 7.05 Å². The Balaban J connectivity index is 1.74. The number of fused-ring (bicyclic) bond motifs is 1. The van der Waals surface area contributed by atoms with Crippen molar-refractivity contribution >= 4 is 39.6 Å². The van der Waals surface area contributed by atoms with Gasteiger partial charge in [0.2, 0.25) is 0 Å². The summed E-state index contributed by atoms with van der Waals surface area (Å²) in [5.41, 5.74) is 2.84. The number of hydrogen-bond donors (Lipinski definition) is 2. The van der Waals surface area contributed by atoms with Crippen molar-refractivity contribution in [1.82, 2.24) is 19.5 Å². The highest BCUT2D eigenvalue weighted by Crippen LogP contribution is 2.29. The second-order valence-electron chi connectivity index (χ2n) is 6.47. The number of nitriles is 1. The molecule has 0 saturated heterocycles. The van der Waals surface area contributed by atoms with Crippen molar-refractivity contribution < 1.29 is 0 Å². The Labute approximate surface area is 176 Å². The van der Waals surface area contributed by atoms with Crippen LogP contribution in [0.15, 0.2) is 59.8 Å². The second kappa shape index (κ2) is 8.19. The minimum absolute atomic E-state index is 0.132. The molecule has 0 aliphatic carbocycles. The number of hydrogen-bond acceptors (Lipinski definition) is 7. The van der Waals surface area contributed by atoms with Crippen LogP contribution >= 0.6 is 11.6 Å². The van der Waals surface area contributed by atoms with Crippen LogP contribution in [-0.2, 0) is 13.6 Å². The first-order valence-corrected chi connectivity index (χ1v) is 9.40. The number of benzene rings is 1. The molecule has 0 aliphatic rings. The van der Waals surface area contributed by atoms with E-state index in [1.165, 1.54) is 6.20 Å². The quantitative estimate of drug-likeness (QED) is 0.477. The van der Waals surface area contributed by atoms with Crippen LogP contribution in [0, 0.1) is 11.3 Å². The molecule has 0 fully saturated rings. The van der Waals surface area contributed by atoms with Gasteiger partial charge in [-0.25, -0.2) is 15.0 Å². The third kappa shape index (κ3) is 3.79. The van der Waals surface area contributed by atoms with Crippen molar-refractivity contribution in [3.8, 4) is 6.07 Å². The van der Waals surface area contributed by atoms with Crippen molar-refractivity contribution in [3.05, 3.63) is 81.9 Å². The number of aryl methyl sites for hydroxylation is 1. The van der Waals surface area contributed by atoms with Gasteiger partial charge in [0.1, 0.15) is 22.6 Å². The molecule has 30 heavy (non-hydrogen) atoms. The number of pyridine rings is 2. The van der Waals surface area contributed by atoms with E-state index >= 15 is 0 Å². The topological polar surface area (TPSA) is 109 Å². The SMILES string of the molecule is Cn1c(=O)cc(NCc2ncccn2)c2cc(Nc3ccnc(Cl)c3C#N)ccc21. The average molecular weight is 418 g/mol. The molecule has 8 nitrogen and oxygen atoms in total. The van der Waals surface area contributed by atoms with Crippen LogP contribution in [0.3, 0.4) is 0 Å². The first-order chi connectivity index (χ1) is 14.6. The Hall–Kier alpha value is -3.96. The molecular formula is C21H16ClN7O. The van der Waals surface area contributed by atoms with E-state index in [4.69, 9.17) is 11.6 Å². The summed E-state index contributed by atoms with van der Waals surface area (Å²) in [6, 6.07) is 12.6. The summed E-state index contributed by atoms with van der Waals surface area (Å²) in [5, 5.41) is 16.8. The van der Waals surface area contributed by atoms with E-state index in [1.807, 2.05) is 18.2 Å². The van der Waals surface area contributed by atoms with E-state index < -0.39 is 0 Å². The lowest BCUT2D eigenvalue weighted by atomic mass is 10.1. The van der Waals surface area contributed by atoms with Gasteiger partial charge in [-0.3, -0.25) is 4.79 Å². The van der Waals surface area contributed by atoms with Gasteiger partial charge in [0.15, 0.2) is 0 Å². The van der Waals surface area contributed by atoms with Crippen molar-refractivity contribution in [2.45, 2.75) is 6.54 Å². The molecule has 148 valence electrons. The van der Waals surface area contributed by atoms with Crippen LogP contribution in [0.4, 0.5) is 17.1 Å². The van der Waals surface area contributed by atoms with Crippen molar-refractivity contribution in [1.29, 1.82) is 5.26 Å². The number of nitrogens with one attached hydrogen (secondary N) is 2. The van der Waals surface area contributed by atoms with Gasteiger partial charge in [0.25, 0.3) is 5.56 Å². The third-order valence-corrected chi connectivity index (χ3v) is 4.88. The zero-order valence-corrected chi connectivity index (χ0v) is 16.7. The van der Waals surface area contributed by atoms with Gasteiger partial charge >= 0.3 is 0 Å². The number of aromatic nitrogens is 4. The molecule has 4 rings (SSSR count). The summed E-state index contributed by atoms with van der Waals surface area (Å²) in [7, 11) is 1.72. The standard InChI is InChI=1S/C21H16ClN7O/c1-29-18-4-3-13(28-16-5-8-26-21(22)15(16)11-23)9-14(18)17(10-20(29)30)27-12-19-24-6-2-7-25-19/h2-10,27H,12H2,1H3,(H,26,28). The fourth-order valence-electron chi connectivity index (χ4n) is 3.08. The molecule has 2 N–H and O–H groups in total. The monoisotopic (exact) mass is 417 g/mol. The van der Waals surface area contributed by atoms with E-state index in [-0.39, 0.29) is 16.3 Å². The summed E-state index contributed by atoms with van der Waals surface area (Å²) in [6.07, 6.45) is 4.87. The fraction of sp³-hybridized carbons (Fsp3) is 0.0952. The molecule has 0 amide bonds. The maximum absolute atomic E-state index is 12.4. The van der Waals surface area contributed by atoms with E-state index in [0.717, 1.165) is 16.6 Å². The van der Waals surface area contributed by atoms with Gasteiger partial charge in [-0.15, -0.1) is 0 Å². The van der Waals surface area contributed by atoms with E-state index in [0.29, 0.717) is 23.7 Å². The van der Waals surface area contributed by atoms with Gasteiger partial charge in [-0.05, 0) is 30.3 Å². The molecule has 0 atom stereocenters. The van der Waals surface area contributed by atoms with Gasteiger partial charge in [0.05, 0.1) is 17.7 Å². The van der Waals surface area contributed by atoms with E-state index in [2.05, 4.69) is 31.7 Å². The first-order valence-electron chi connectivity index (χ1n) is 9.02. The van der Waals surface area contributed by atoms with Crippen LogP contribution in [-0.4, -0.2) is 19.5 Å². The van der Waals surface area contributed by atoms with E-state index in [1.54, 1.807) is 42.2 Å². The molecule has 0 unspecified atom stereocenters. The molecule has 4 aromatic rings. The normalized spacial score (nSPS) is 10.6. The van der Waals surface area contributed by atoms with Crippen LogP contribution in [0.1, 0.15) is 11.4 Å². The Kier molecular flexibility index (Phi) is 5.28. The molecule has 0 aliphatic heterocycles. The molecule has 1 aromatic carbocycles. The second-order valence-corrected chi connectivity index (χ2v) is 6.82. The van der Waals surface area contributed by atoms with E-state index in [9.17, 15) is 10.1 Å². The van der Waals surface area contributed by atoms with Crippen LogP contribution in [0.25, 0.3) is 10.9 Å². The smallest absolute Gasteiger partial charge is 0.252 e. The molecule has 3 heterocycles. The fourth-order valence-corrected chi connectivity index (χ4v) is 3.28. The highest BCUT2D eigenvalue weighted by atomic mass is 35.5. The van der Waals surface area contributed by atoms with Gasteiger partial charge < -0.3 is 15.2 Å². The van der Waals surface area contributed by atoms with Crippen molar-refractivity contribution in [2.75, 3.05) is 10.6 Å². The minimum Gasteiger partial charge on any atom is -0.377 e. The zero-order valence-electron chi connectivity index (χ0n) is 15.9.